The molecule has 0 heterocycles. The van der Waals surface area contributed by atoms with Crippen LogP contribution in [0.5, 0.6) is 0 Å². The monoisotopic (exact) mass is 426 g/mol. The Morgan fingerprint density at radius 3 is 1.80 bits per heavy atom. The molecular formula is C25H34O4Si. The van der Waals surface area contributed by atoms with Gasteiger partial charge in [-0.2, -0.15) is 0 Å². The predicted octanol–water partition coefficient (Wildman–Crippen LogP) is 4.09. The van der Waals surface area contributed by atoms with Gasteiger partial charge in [0.2, 0.25) is 0 Å². The molecule has 0 aliphatic carbocycles. The van der Waals surface area contributed by atoms with Crippen molar-refractivity contribution in [3.8, 4) is 0 Å². The van der Waals surface area contributed by atoms with Crippen molar-refractivity contribution >= 4 is 24.7 Å². The van der Waals surface area contributed by atoms with Gasteiger partial charge in [-0.3, -0.25) is 0 Å². The zero-order valence-electron chi connectivity index (χ0n) is 19.0. The van der Waals surface area contributed by atoms with E-state index >= 15 is 0 Å². The van der Waals surface area contributed by atoms with Crippen molar-refractivity contribution in [2.45, 2.75) is 39.2 Å². The predicted molar refractivity (Wildman–Crippen MR) is 125 cm³/mol. The Kier molecular flexibility index (Phi) is 8.59. The van der Waals surface area contributed by atoms with Gasteiger partial charge in [0.25, 0.3) is 8.32 Å². The summed E-state index contributed by atoms with van der Waals surface area (Å²) in [5.74, 6) is -0.347. The van der Waals surface area contributed by atoms with Crippen molar-refractivity contribution < 1.29 is 18.7 Å². The molecule has 0 spiro atoms. The van der Waals surface area contributed by atoms with Crippen LogP contribution >= 0.6 is 0 Å². The van der Waals surface area contributed by atoms with E-state index in [0.29, 0.717) is 18.6 Å². The second kappa shape index (κ2) is 10.7. The molecule has 0 saturated heterocycles. The van der Waals surface area contributed by atoms with Crippen LogP contribution in [0.1, 0.15) is 34.1 Å². The summed E-state index contributed by atoms with van der Waals surface area (Å²) in [4.78, 5) is 12.1. The SMILES string of the molecule is COC/C(C(=O)OC)=C(\C)CCO[Si](c1ccccc1)(c1ccccc1)C(C)(C)C. The van der Waals surface area contributed by atoms with Gasteiger partial charge in [0.15, 0.2) is 0 Å². The van der Waals surface area contributed by atoms with Crippen molar-refractivity contribution in [1.82, 2.24) is 0 Å². The van der Waals surface area contributed by atoms with Crippen LogP contribution < -0.4 is 10.4 Å². The maximum Gasteiger partial charge on any atom is 0.336 e. The van der Waals surface area contributed by atoms with Crippen LogP contribution in [0.15, 0.2) is 71.8 Å². The largest absolute Gasteiger partial charge is 0.466 e. The fourth-order valence-corrected chi connectivity index (χ4v) is 8.46. The Balaban J connectivity index is 2.43. The molecule has 0 unspecified atom stereocenters. The van der Waals surface area contributed by atoms with Gasteiger partial charge in [0.05, 0.1) is 19.3 Å². The lowest BCUT2D eigenvalue weighted by Gasteiger charge is -2.43. The highest BCUT2D eigenvalue weighted by Crippen LogP contribution is 2.37. The van der Waals surface area contributed by atoms with Crippen LogP contribution in [0.3, 0.4) is 0 Å². The Morgan fingerprint density at radius 1 is 0.900 bits per heavy atom. The summed E-state index contributed by atoms with van der Waals surface area (Å²) >= 11 is 0. The summed E-state index contributed by atoms with van der Waals surface area (Å²) in [6.07, 6.45) is 0.637. The van der Waals surface area contributed by atoms with Crippen molar-refractivity contribution in [3.05, 3.63) is 71.8 Å². The minimum Gasteiger partial charge on any atom is -0.466 e. The van der Waals surface area contributed by atoms with E-state index in [1.54, 1.807) is 7.11 Å². The van der Waals surface area contributed by atoms with Gasteiger partial charge in [-0.1, -0.05) is 87.0 Å². The van der Waals surface area contributed by atoms with E-state index in [-0.39, 0.29) is 17.6 Å². The normalized spacial score (nSPS) is 13.0. The summed E-state index contributed by atoms with van der Waals surface area (Å²) in [7, 11) is 0.396. The van der Waals surface area contributed by atoms with Crippen molar-refractivity contribution in [1.29, 1.82) is 0 Å². The minimum atomic E-state index is -2.57. The molecule has 4 nitrogen and oxygen atoms in total. The minimum absolute atomic E-state index is 0.0783. The first-order chi connectivity index (χ1) is 14.3. The van der Waals surface area contributed by atoms with Crippen LogP contribution in [0, 0.1) is 0 Å². The van der Waals surface area contributed by atoms with Gasteiger partial charge in [0.1, 0.15) is 0 Å². The number of ether oxygens (including phenoxy) is 2. The topological polar surface area (TPSA) is 44.8 Å². The molecule has 0 aliphatic rings. The van der Waals surface area contributed by atoms with E-state index in [4.69, 9.17) is 13.9 Å². The number of esters is 1. The molecule has 0 bridgehead atoms. The third-order valence-electron chi connectivity index (χ3n) is 5.45. The van der Waals surface area contributed by atoms with Gasteiger partial charge in [-0.05, 0) is 28.8 Å². The summed E-state index contributed by atoms with van der Waals surface area (Å²) in [5.41, 5.74) is 1.49. The van der Waals surface area contributed by atoms with Gasteiger partial charge in [-0.25, -0.2) is 4.79 Å². The van der Waals surface area contributed by atoms with Crippen molar-refractivity contribution in [2.24, 2.45) is 0 Å². The summed E-state index contributed by atoms with van der Waals surface area (Å²) in [6.45, 7) is 9.47. The van der Waals surface area contributed by atoms with Gasteiger partial charge in [0, 0.05) is 13.7 Å². The van der Waals surface area contributed by atoms with E-state index in [9.17, 15) is 4.79 Å². The fraction of sp³-hybridized carbons (Fsp3) is 0.400. The molecular weight excluding hydrogens is 392 g/mol. The zero-order valence-corrected chi connectivity index (χ0v) is 20.0. The average Bonchev–Trinajstić information content (AvgIpc) is 2.74. The van der Waals surface area contributed by atoms with Crippen LogP contribution in [0.4, 0.5) is 0 Å². The molecule has 0 aromatic heterocycles. The second-order valence-corrected chi connectivity index (χ2v) is 12.8. The number of hydrogen-bond donors (Lipinski definition) is 0. The number of methoxy groups -OCH3 is 2. The Labute approximate surface area is 182 Å². The molecule has 0 amide bonds. The highest BCUT2D eigenvalue weighted by atomic mass is 28.4. The third-order valence-corrected chi connectivity index (χ3v) is 10.5. The number of rotatable bonds is 9. The van der Waals surface area contributed by atoms with Crippen molar-refractivity contribution in [3.63, 3.8) is 0 Å². The standard InChI is InChI=1S/C25H34O4Si/c1-20(23(19-27-5)24(26)28-6)17-18-29-30(25(2,3)4,21-13-9-7-10-14-21)22-15-11-8-12-16-22/h7-16H,17-19H2,1-6H3/b23-20-. The number of carbonyl (C=O) groups is 1. The quantitative estimate of drug-likeness (QED) is 0.344. The number of hydrogen-bond acceptors (Lipinski definition) is 4. The Bertz CT molecular complexity index is 799. The van der Waals surface area contributed by atoms with E-state index in [0.717, 1.165) is 5.57 Å². The molecule has 0 saturated carbocycles. The lowest BCUT2D eigenvalue weighted by atomic mass is 10.1. The maximum atomic E-state index is 12.1. The maximum absolute atomic E-state index is 12.1. The van der Waals surface area contributed by atoms with E-state index < -0.39 is 8.32 Å². The van der Waals surface area contributed by atoms with Crippen LogP contribution in [0.25, 0.3) is 0 Å². The smallest absolute Gasteiger partial charge is 0.336 e. The molecule has 162 valence electrons. The van der Waals surface area contributed by atoms with Gasteiger partial charge < -0.3 is 13.9 Å². The number of carbonyl (C=O) groups excluding carboxylic acids is 1. The summed E-state index contributed by atoms with van der Waals surface area (Å²) in [5, 5.41) is 2.41. The summed E-state index contributed by atoms with van der Waals surface area (Å²) < 4.78 is 17.0. The van der Waals surface area contributed by atoms with Crippen LogP contribution in [0.2, 0.25) is 5.04 Å². The first kappa shape index (κ1) is 24.1. The average molecular weight is 427 g/mol. The van der Waals surface area contributed by atoms with Crippen molar-refractivity contribution in [2.75, 3.05) is 27.4 Å². The van der Waals surface area contributed by atoms with Gasteiger partial charge in [-0.15, -0.1) is 0 Å². The molecule has 0 fully saturated rings. The van der Waals surface area contributed by atoms with E-state index in [1.807, 2.05) is 19.1 Å². The molecule has 5 heteroatoms. The lowest BCUT2D eigenvalue weighted by Crippen LogP contribution is -2.66. The molecule has 0 N–H and O–H groups in total. The third kappa shape index (κ3) is 5.28. The van der Waals surface area contributed by atoms with E-state index in [1.165, 1.54) is 17.5 Å². The van der Waals surface area contributed by atoms with Crippen LogP contribution in [-0.4, -0.2) is 41.7 Å². The first-order valence-electron chi connectivity index (χ1n) is 10.3. The Hall–Kier alpha value is -2.21. The van der Waals surface area contributed by atoms with E-state index in [2.05, 4.69) is 69.3 Å². The number of benzene rings is 2. The van der Waals surface area contributed by atoms with Crippen LogP contribution in [-0.2, 0) is 18.7 Å². The molecule has 2 rings (SSSR count). The zero-order chi connectivity index (χ0) is 22.2. The molecule has 2 aromatic carbocycles. The molecule has 0 aliphatic heterocycles. The molecule has 30 heavy (non-hydrogen) atoms. The summed E-state index contributed by atoms with van der Waals surface area (Å²) in [6, 6.07) is 21.1. The molecule has 0 radical (unpaired) electrons. The lowest BCUT2D eigenvalue weighted by molar-refractivity contribution is -0.136. The fourth-order valence-electron chi connectivity index (χ4n) is 3.89. The highest BCUT2D eigenvalue weighted by Gasteiger charge is 2.49. The molecule has 0 atom stereocenters. The first-order valence-corrected chi connectivity index (χ1v) is 12.2. The second-order valence-electron chi connectivity index (χ2n) is 8.45. The molecule has 2 aromatic rings. The Morgan fingerprint density at radius 2 is 1.40 bits per heavy atom. The highest BCUT2D eigenvalue weighted by molar-refractivity contribution is 6.99. The van der Waals surface area contributed by atoms with Gasteiger partial charge >= 0.3 is 5.97 Å².